The molecule has 3 aromatic rings. The largest absolute Gasteiger partial charge is 0.618 e. The van der Waals surface area contributed by atoms with E-state index >= 15 is 0 Å². The van der Waals surface area contributed by atoms with Gasteiger partial charge in [0.25, 0.3) is 5.03 Å². The molecule has 0 aliphatic carbocycles. The number of aromatic nitrogens is 2. The number of nitrogens with zero attached hydrogens (tertiary/aromatic N) is 2. The van der Waals surface area contributed by atoms with Gasteiger partial charge in [-0.15, -0.1) is 11.3 Å². The molecule has 0 aliphatic heterocycles. The second-order valence-corrected chi connectivity index (χ2v) is 7.00. The van der Waals surface area contributed by atoms with E-state index in [1.165, 1.54) is 18.0 Å². The van der Waals surface area contributed by atoms with E-state index in [1.807, 2.05) is 23.6 Å². The molecule has 0 unspecified atom stereocenters. The molecule has 3 rings (SSSR count). The Morgan fingerprint density at radius 1 is 1.22 bits per heavy atom. The number of thioether (sulfide) groups is 1. The third-order valence-corrected chi connectivity index (χ3v) is 5.11. The van der Waals surface area contributed by atoms with Gasteiger partial charge in [0.1, 0.15) is 17.4 Å². The maximum absolute atomic E-state index is 11.6. The third-order valence-electron chi connectivity index (χ3n) is 2.93. The van der Waals surface area contributed by atoms with E-state index in [4.69, 9.17) is 16.3 Å². The second-order valence-electron chi connectivity index (χ2n) is 4.63. The predicted octanol–water partition coefficient (Wildman–Crippen LogP) is 4.30. The smallest absolute Gasteiger partial charge is 0.251 e. The first-order valence-corrected chi connectivity index (χ1v) is 9.08. The summed E-state index contributed by atoms with van der Waals surface area (Å²) in [5.74, 6) is 1.42. The van der Waals surface area contributed by atoms with Crippen LogP contribution in [0.3, 0.4) is 0 Å². The fourth-order valence-electron chi connectivity index (χ4n) is 1.83. The molecule has 7 heteroatoms. The third kappa shape index (κ3) is 4.60. The van der Waals surface area contributed by atoms with Crippen LogP contribution in [0, 0.1) is 5.21 Å². The van der Waals surface area contributed by atoms with Crippen LogP contribution in [0.15, 0.2) is 59.1 Å². The van der Waals surface area contributed by atoms with E-state index in [0.29, 0.717) is 22.4 Å². The molecule has 4 nitrogen and oxygen atoms in total. The molecular formula is C16H13ClN2O2S2. The SMILES string of the molecule is [O-][n+]1ccccc1SCc1csc(COc2ccc(Cl)cc2)n1. The van der Waals surface area contributed by atoms with Crippen LogP contribution in [0.25, 0.3) is 0 Å². The van der Waals surface area contributed by atoms with E-state index in [0.717, 1.165) is 21.2 Å². The van der Waals surface area contributed by atoms with Gasteiger partial charge in [-0.2, -0.15) is 4.73 Å². The van der Waals surface area contributed by atoms with Gasteiger partial charge in [-0.3, -0.25) is 0 Å². The normalized spacial score (nSPS) is 10.7. The number of hydrogen-bond acceptors (Lipinski definition) is 5. The summed E-state index contributed by atoms with van der Waals surface area (Å²) < 4.78 is 6.53. The highest BCUT2D eigenvalue weighted by atomic mass is 35.5. The lowest BCUT2D eigenvalue weighted by Crippen LogP contribution is -2.27. The molecule has 23 heavy (non-hydrogen) atoms. The van der Waals surface area contributed by atoms with Gasteiger partial charge in [0.05, 0.1) is 5.69 Å². The number of hydrogen-bond donors (Lipinski definition) is 0. The molecule has 0 fully saturated rings. The van der Waals surface area contributed by atoms with Gasteiger partial charge in [-0.05, 0) is 42.1 Å². The Kier molecular flexibility index (Phi) is 5.38. The Balaban J connectivity index is 1.53. The average molecular weight is 365 g/mol. The molecule has 1 aromatic carbocycles. The van der Waals surface area contributed by atoms with Crippen LogP contribution in [-0.2, 0) is 12.4 Å². The number of benzene rings is 1. The highest BCUT2D eigenvalue weighted by molar-refractivity contribution is 7.98. The van der Waals surface area contributed by atoms with E-state index in [1.54, 1.807) is 35.6 Å². The molecule has 0 bridgehead atoms. The van der Waals surface area contributed by atoms with Crippen molar-refractivity contribution in [2.45, 2.75) is 17.4 Å². The summed E-state index contributed by atoms with van der Waals surface area (Å²) in [5, 5.41) is 15.8. The summed E-state index contributed by atoms with van der Waals surface area (Å²) in [6, 6.07) is 12.6. The van der Waals surface area contributed by atoms with Gasteiger partial charge < -0.3 is 9.94 Å². The van der Waals surface area contributed by atoms with Crippen molar-refractivity contribution in [2.75, 3.05) is 0 Å². The predicted molar refractivity (Wildman–Crippen MR) is 92.9 cm³/mol. The van der Waals surface area contributed by atoms with Crippen molar-refractivity contribution in [2.24, 2.45) is 0 Å². The highest BCUT2D eigenvalue weighted by Crippen LogP contribution is 2.22. The number of ether oxygens (including phenoxy) is 1. The van der Waals surface area contributed by atoms with Gasteiger partial charge in [-0.1, -0.05) is 11.6 Å². The topological polar surface area (TPSA) is 49.1 Å². The minimum atomic E-state index is 0.420. The summed E-state index contributed by atoms with van der Waals surface area (Å²) in [7, 11) is 0. The van der Waals surface area contributed by atoms with E-state index in [2.05, 4.69) is 4.98 Å². The van der Waals surface area contributed by atoms with Crippen LogP contribution in [0.2, 0.25) is 5.02 Å². The Morgan fingerprint density at radius 3 is 2.83 bits per heavy atom. The number of rotatable bonds is 6. The zero-order chi connectivity index (χ0) is 16.1. The van der Waals surface area contributed by atoms with Crippen LogP contribution in [-0.4, -0.2) is 4.98 Å². The lowest BCUT2D eigenvalue weighted by molar-refractivity contribution is -0.645. The fourth-order valence-corrected chi connectivity index (χ4v) is 3.57. The number of pyridine rings is 1. The van der Waals surface area contributed by atoms with Crippen LogP contribution in [0.5, 0.6) is 5.75 Å². The van der Waals surface area contributed by atoms with Crippen molar-refractivity contribution in [3.8, 4) is 5.75 Å². The monoisotopic (exact) mass is 364 g/mol. The first-order chi connectivity index (χ1) is 11.2. The standard InChI is InChI=1S/C16H13ClN2O2S2/c17-12-4-6-14(7-5-12)21-9-15-18-13(10-22-15)11-23-16-3-1-2-8-19(16)20/h1-8,10H,9,11H2. The molecule has 0 spiro atoms. The summed E-state index contributed by atoms with van der Waals surface area (Å²) in [4.78, 5) is 4.52. The van der Waals surface area contributed by atoms with Crippen LogP contribution in [0.1, 0.15) is 10.7 Å². The molecule has 0 N–H and O–H groups in total. The number of thiazole rings is 1. The molecule has 0 saturated heterocycles. The zero-order valence-corrected chi connectivity index (χ0v) is 14.4. The summed E-state index contributed by atoms with van der Waals surface area (Å²) in [6.07, 6.45) is 1.49. The Bertz CT molecular complexity index is 778. The number of halogens is 1. The van der Waals surface area contributed by atoms with Crippen LogP contribution >= 0.6 is 34.7 Å². The van der Waals surface area contributed by atoms with Crippen molar-refractivity contribution in [3.05, 3.63) is 75.0 Å². The Labute approximate surface area is 147 Å². The molecule has 118 valence electrons. The molecule has 2 aromatic heterocycles. The van der Waals surface area contributed by atoms with E-state index < -0.39 is 0 Å². The minimum Gasteiger partial charge on any atom is -0.618 e. The van der Waals surface area contributed by atoms with Crippen molar-refractivity contribution < 1.29 is 9.47 Å². The summed E-state index contributed by atoms with van der Waals surface area (Å²) >= 11 is 8.86. The molecule has 2 heterocycles. The highest BCUT2D eigenvalue weighted by Gasteiger charge is 2.08. The van der Waals surface area contributed by atoms with Crippen LogP contribution in [0.4, 0.5) is 0 Å². The lowest BCUT2D eigenvalue weighted by Gasteiger charge is -2.03. The van der Waals surface area contributed by atoms with Gasteiger partial charge in [-0.25, -0.2) is 4.98 Å². The van der Waals surface area contributed by atoms with E-state index in [9.17, 15) is 5.21 Å². The van der Waals surface area contributed by atoms with Gasteiger partial charge in [0, 0.05) is 28.3 Å². The lowest BCUT2D eigenvalue weighted by atomic mass is 10.3. The molecular weight excluding hydrogens is 352 g/mol. The van der Waals surface area contributed by atoms with Gasteiger partial charge in [0.2, 0.25) is 0 Å². The van der Waals surface area contributed by atoms with Crippen molar-refractivity contribution >= 4 is 34.7 Å². The first-order valence-electron chi connectivity index (χ1n) is 6.83. The molecule has 0 saturated carbocycles. The summed E-state index contributed by atoms with van der Waals surface area (Å²) in [5.41, 5.74) is 0.943. The first kappa shape index (κ1) is 16.1. The van der Waals surface area contributed by atoms with Crippen molar-refractivity contribution in [1.29, 1.82) is 0 Å². The van der Waals surface area contributed by atoms with Gasteiger partial charge >= 0.3 is 0 Å². The Hall–Kier alpha value is -1.76. The fraction of sp³-hybridized carbons (Fsp3) is 0.125. The van der Waals surface area contributed by atoms with Crippen molar-refractivity contribution in [1.82, 2.24) is 4.98 Å². The maximum Gasteiger partial charge on any atom is 0.251 e. The molecule has 0 atom stereocenters. The molecule has 0 amide bonds. The average Bonchev–Trinajstić information content (AvgIpc) is 3.02. The van der Waals surface area contributed by atoms with E-state index in [-0.39, 0.29) is 0 Å². The van der Waals surface area contributed by atoms with Gasteiger partial charge in [0.15, 0.2) is 6.20 Å². The Morgan fingerprint density at radius 2 is 2.04 bits per heavy atom. The minimum absolute atomic E-state index is 0.420. The second kappa shape index (κ2) is 7.68. The summed E-state index contributed by atoms with van der Waals surface area (Å²) in [6.45, 7) is 0.420. The molecule has 0 aliphatic rings. The van der Waals surface area contributed by atoms with Crippen LogP contribution < -0.4 is 9.47 Å². The van der Waals surface area contributed by atoms with Crippen molar-refractivity contribution in [3.63, 3.8) is 0 Å². The molecule has 0 radical (unpaired) electrons. The quantitative estimate of drug-likeness (QED) is 0.371. The maximum atomic E-state index is 11.6. The zero-order valence-electron chi connectivity index (χ0n) is 12.0.